The summed E-state index contributed by atoms with van der Waals surface area (Å²) in [5.41, 5.74) is 7.57. The van der Waals surface area contributed by atoms with E-state index >= 15 is 0 Å². The van der Waals surface area contributed by atoms with Crippen molar-refractivity contribution in [2.45, 2.75) is 6.92 Å². The lowest BCUT2D eigenvalue weighted by Gasteiger charge is -2.13. The number of amides is 1. The summed E-state index contributed by atoms with van der Waals surface area (Å²) in [7, 11) is 1.48. The predicted octanol–water partition coefficient (Wildman–Crippen LogP) is 2.98. The van der Waals surface area contributed by atoms with Gasteiger partial charge in [-0.15, -0.1) is 0 Å². The van der Waals surface area contributed by atoms with E-state index in [0.29, 0.717) is 17.1 Å². The molecule has 0 spiro atoms. The lowest BCUT2D eigenvalue weighted by Crippen LogP contribution is -2.14. The fraction of sp³-hybridized carbons (Fsp3) is 0.133. The van der Waals surface area contributed by atoms with E-state index in [4.69, 9.17) is 10.5 Å². The molecule has 4 nitrogen and oxygen atoms in total. The molecule has 2 aromatic carbocycles. The van der Waals surface area contributed by atoms with Crippen molar-refractivity contribution in [2.75, 3.05) is 18.2 Å². The van der Waals surface area contributed by atoms with E-state index in [1.165, 1.54) is 25.3 Å². The number of hydrogen-bond acceptors (Lipinski definition) is 3. The van der Waals surface area contributed by atoms with Gasteiger partial charge in [-0.1, -0.05) is 12.1 Å². The molecule has 0 fully saturated rings. The highest BCUT2D eigenvalue weighted by Crippen LogP contribution is 2.30. The Morgan fingerprint density at radius 2 is 2.00 bits per heavy atom. The number of nitrogens with one attached hydrogen (secondary N) is 1. The van der Waals surface area contributed by atoms with E-state index < -0.39 is 11.7 Å². The Balaban J connectivity index is 2.33. The second-order valence-corrected chi connectivity index (χ2v) is 4.34. The van der Waals surface area contributed by atoms with Gasteiger partial charge in [-0.2, -0.15) is 0 Å². The first-order chi connectivity index (χ1) is 9.52. The van der Waals surface area contributed by atoms with Gasteiger partial charge >= 0.3 is 0 Å². The molecule has 0 radical (unpaired) electrons. The first-order valence-corrected chi connectivity index (χ1v) is 6.03. The lowest BCUT2D eigenvalue weighted by atomic mass is 10.1. The molecule has 20 heavy (non-hydrogen) atoms. The Bertz CT molecular complexity index is 656. The number of rotatable bonds is 3. The van der Waals surface area contributed by atoms with Gasteiger partial charge < -0.3 is 15.8 Å². The van der Waals surface area contributed by atoms with Gasteiger partial charge in [0.25, 0.3) is 5.91 Å². The van der Waals surface area contributed by atoms with Crippen LogP contribution in [0.2, 0.25) is 0 Å². The Hall–Kier alpha value is -2.56. The molecular formula is C15H15FN2O2. The maximum atomic E-state index is 13.6. The molecule has 104 valence electrons. The van der Waals surface area contributed by atoms with Gasteiger partial charge in [-0.05, 0) is 30.7 Å². The summed E-state index contributed by atoms with van der Waals surface area (Å²) in [4.78, 5) is 12.1. The maximum Gasteiger partial charge on any atom is 0.258 e. The average molecular weight is 274 g/mol. The van der Waals surface area contributed by atoms with Gasteiger partial charge in [0.2, 0.25) is 0 Å². The zero-order chi connectivity index (χ0) is 14.7. The molecule has 0 aromatic heterocycles. The number of ether oxygens (including phenoxy) is 1. The molecular weight excluding hydrogens is 259 g/mol. The van der Waals surface area contributed by atoms with Crippen molar-refractivity contribution in [3.8, 4) is 5.75 Å². The van der Waals surface area contributed by atoms with Crippen LogP contribution >= 0.6 is 0 Å². The Labute approximate surface area is 116 Å². The van der Waals surface area contributed by atoms with E-state index in [1.807, 2.05) is 6.92 Å². The number of methoxy groups -OCH3 is 1. The second-order valence-electron chi connectivity index (χ2n) is 4.34. The number of halogens is 1. The van der Waals surface area contributed by atoms with Crippen LogP contribution < -0.4 is 15.8 Å². The number of anilines is 2. The number of aryl methyl sites for hydroxylation is 1. The highest BCUT2D eigenvalue weighted by atomic mass is 19.1. The van der Waals surface area contributed by atoms with E-state index in [0.717, 1.165) is 5.56 Å². The third-order valence-corrected chi connectivity index (χ3v) is 2.95. The van der Waals surface area contributed by atoms with E-state index in [9.17, 15) is 9.18 Å². The fourth-order valence-corrected chi connectivity index (χ4v) is 1.81. The van der Waals surface area contributed by atoms with Crippen molar-refractivity contribution < 1.29 is 13.9 Å². The number of carbonyl (C=O) groups excluding carboxylic acids is 1. The summed E-state index contributed by atoms with van der Waals surface area (Å²) in [5.74, 6) is -0.681. The minimum absolute atomic E-state index is 0.0240. The van der Waals surface area contributed by atoms with E-state index in [-0.39, 0.29) is 5.56 Å². The first-order valence-electron chi connectivity index (χ1n) is 6.03. The van der Waals surface area contributed by atoms with Gasteiger partial charge in [-0.25, -0.2) is 4.39 Å². The quantitative estimate of drug-likeness (QED) is 0.846. The number of benzene rings is 2. The molecule has 0 aliphatic heterocycles. The van der Waals surface area contributed by atoms with E-state index in [1.54, 1.807) is 18.2 Å². The standard InChI is InChI=1S/C15H15FN2O2/c1-9-7-13(14(20-2)8-12(9)17)18-15(19)10-5-3-4-6-11(10)16/h3-8H,17H2,1-2H3,(H,18,19). The van der Waals surface area contributed by atoms with Crippen molar-refractivity contribution in [2.24, 2.45) is 0 Å². The van der Waals surface area contributed by atoms with Crippen LogP contribution in [-0.2, 0) is 0 Å². The minimum Gasteiger partial charge on any atom is -0.494 e. The van der Waals surface area contributed by atoms with Gasteiger partial charge in [-0.3, -0.25) is 4.79 Å². The third kappa shape index (κ3) is 2.71. The van der Waals surface area contributed by atoms with Crippen LogP contribution in [0.4, 0.5) is 15.8 Å². The summed E-state index contributed by atoms with van der Waals surface area (Å²) < 4.78 is 18.7. The number of nitrogen functional groups attached to an aromatic ring is 1. The average Bonchev–Trinajstić information content (AvgIpc) is 2.43. The Morgan fingerprint density at radius 1 is 1.30 bits per heavy atom. The van der Waals surface area contributed by atoms with Crippen LogP contribution in [0.25, 0.3) is 0 Å². The largest absolute Gasteiger partial charge is 0.494 e. The van der Waals surface area contributed by atoms with Crippen LogP contribution in [-0.4, -0.2) is 13.0 Å². The van der Waals surface area contributed by atoms with Crippen LogP contribution in [0.15, 0.2) is 36.4 Å². The molecule has 0 saturated carbocycles. The van der Waals surface area contributed by atoms with Crippen molar-refractivity contribution in [3.63, 3.8) is 0 Å². The predicted molar refractivity (Wildman–Crippen MR) is 76.5 cm³/mol. The molecule has 2 aromatic rings. The van der Waals surface area contributed by atoms with Crippen LogP contribution in [0.3, 0.4) is 0 Å². The topological polar surface area (TPSA) is 64.3 Å². The van der Waals surface area contributed by atoms with Gasteiger partial charge in [0.05, 0.1) is 18.4 Å². The lowest BCUT2D eigenvalue weighted by molar-refractivity contribution is 0.102. The van der Waals surface area contributed by atoms with Crippen molar-refractivity contribution in [1.29, 1.82) is 0 Å². The SMILES string of the molecule is COc1cc(N)c(C)cc1NC(=O)c1ccccc1F. The van der Waals surface area contributed by atoms with Crippen LogP contribution in [0.1, 0.15) is 15.9 Å². The maximum absolute atomic E-state index is 13.6. The Morgan fingerprint density at radius 3 is 2.65 bits per heavy atom. The number of carbonyl (C=O) groups is 1. The first kappa shape index (κ1) is 13.9. The fourth-order valence-electron chi connectivity index (χ4n) is 1.81. The molecule has 1 amide bonds. The smallest absolute Gasteiger partial charge is 0.258 e. The zero-order valence-corrected chi connectivity index (χ0v) is 11.2. The summed E-state index contributed by atoms with van der Waals surface area (Å²) in [6, 6.07) is 9.09. The summed E-state index contributed by atoms with van der Waals surface area (Å²) in [6.45, 7) is 1.81. The van der Waals surface area contributed by atoms with Crippen molar-refractivity contribution in [1.82, 2.24) is 0 Å². The molecule has 0 atom stereocenters. The van der Waals surface area contributed by atoms with Crippen molar-refractivity contribution >= 4 is 17.3 Å². The van der Waals surface area contributed by atoms with Gasteiger partial charge in [0.1, 0.15) is 11.6 Å². The molecule has 0 saturated heterocycles. The zero-order valence-electron chi connectivity index (χ0n) is 11.2. The minimum atomic E-state index is -0.573. The molecule has 5 heteroatoms. The monoisotopic (exact) mass is 274 g/mol. The molecule has 0 aliphatic rings. The summed E-state index contributed by atoms with van der Waals surface area (Å²) in [6.07, 6.45) is 0. The van der Waals surface area contributed by atoms with Crippen molar-refractivity contribution in [3.05, 3.63) is 53.3 Å². The summed E-state index contributed by atoms with van der Waals surface area (Å²) in [5, 5.41) is 2.63. The molecule has 0 bridgehead atoms. The second kappa shape index (κ2) is 5.61. The van der Waals surface area contributed by atoms with E-state index in [2.05, 4.69) is 5.32 Å². The van der Waals surface area contributed by atoms with Crippen LogP contribution in [0.5, 0.6) is 5.75 Å². The van der Waals surface area contributed by atoms with Gasteiger partial charge in [0.15, 0.2) is 0 Å². The molecule has 0 aliphatic carbocycles. The highest BCUT2D eigenvalue weighted by molar-refractivity contribution is 6.05. The number of hydrogen-bond donors (Lipinski definition) is 2. The molecule has 0 unspecified atom stereocenters. The molecule has 0 heterocycles. The number of nitrogens with two attached hydrogens (primary N) is 1. The molecule has 3 N–H and O–H groups in total. The third-order valence-electron chi connectivity index (χ3n) is 2.95. The van der Waals surface area contributed by atoms with Crippen LogP contribution in [0, 0.1) is 12.7 Å². The van der Waals surface area contributed by atoms with Gasteiger partial charge in [0, 0.05) is 11.8 Å². The normalized spacial score (nSPS) is 10.2. The molecule has 2 rings (SSSR count). The Kier molecular flexibility index (Phi) is 3.89. The summed E-state index contributed by atoms with van der Waals surface area (Å²) >= 11 is 0. The highest BCUT2D eigenvalue weighted by Gasteiger charge is 2.14.